The topological polar surface area (TPSA) is 39.2 Å². The van der Waals surface area contributed by atoms with Gasteiger partial charge in [-0.15, -0.1) is 0 Å². The summed E-state index contributed by atoms with van der Waals surface area (Å²) in [6.45, 7) is 0. The summed E-state index contributed by atoms with van der Waals surface area (Å²) in [6.07, 6.45) is 0.660. The van der Waals surface area contributed by atoms with Gasteiger partial charge in [0.1, 0.15) is 10.6 Å². The Morgan fingerprint density at radius 2 is 2.19 bits per heavy atom. The van der Waals surface area contributed by atoms with Gasteiger partial charge in [-0.3, -0.25) is 4.79 Å². The third kappa shape index (κ3) is 2.42. The van der Waals surface area contributed by atoms with E-state index in [0.717, 1.165) is 15.8 Å². The minimum Gasteiger partial charge on any atom is -0.430 e. The molecule has 2 rings (SSSR count). The molecule has 0 amide bonds. The van der Waals surface area contributed by atoms with Crippen LogP contribution in [0.1, 0.15) is 9.67 Å². The van der Waals surface area contributed by atoms with Crippen LogP contribution in [-0.4, -0.2) is 11.3 Å². The van der Waals surface area contributed by atoms with Crippen molar-refractivity contribution in [3.8, 4) is 10.9 Å². The zero-order valence-electron chi connectivity index (χ0n) is 7.81. The first-order valence-electron chi connectivity index (χ1n) is 4.24. The van der Waals surface area contributed by atoms with Crippen molar-refractivity contribution in [1.82, 2.24) is 4.98 Å². The maximum absolute atomic E-state index is 10.6. The maximum atomic E-state index is 10.6. The summed E-state index contributed by atoms with van der Waals surface area (Å²) < 4.78 is 6.30. The number of nitrogens with zero attached hydrogens (tertiary/aromatic N) is 1. The van der Waals surface area contributed by atoms with Crippen molar-refractivity contribution in [3.63, 3.8) is 0 Å². The van der Waals surface area contributed by atoms with E-state index in [1.54, 1.807) is 6.07 Å². The van der Waals surface area contributed by atoms with Crippen LogP contribution >= 0.6 is 38.9 Å². The van der Waals surface area contributed by atoms with E-state index < -0.39 is 0 Å². The number of hydrogen-bond acceptors (Lipinski definition) is 4. The van der Waals surface area contributed by atoms with Crippen LogP contribution in [0.15, 0.2) is 28.7 Å². The third-order valence-corrected chi connectivity index (χ3v) is 3.65. The minimum absolute atomic E-state index is 0.169. The van der Waals surface area contributed by atoms with Crippen LogP contribution in [-0.2, 0) is 0 Å². The largest absolute Gasteiger partial charge is 0.430 e. The third-order valence-electron chi connectivity index (χ3n) is 1.73. The molecule has 0 unspecified atom stereocenters. The van der Waals surface area contributed by atoms with Crippen molar-refractivity contribution >= 4 is 45.2 Å². The molecule has 0 aliphatic rings. The number of aldehydes is 1. The first-order chi connectivity index (χ1) is 7.70. The predicted molar refractivity (Wildman–Crippen MR) is 66.7 cm³/mol. The number of ether oxygens (including phenoxy) is 1. The standard InChI is InChI=1S/C10H5BrClNO2S/c11-6-3-1-2-4-7(6)15-10-13-9(12)8(5-14)16-10/h1-5H. The van der Waals surface area contributed by atoms with E-state index in [4.69, 9.17) is 16.3 Å². The number of halogens is 2. The molecule has 2 aromatic rings. The molecular formula is C10H5BrClNO2S. The van der Waals surface area contributed by atoms with Crippen LogP contribution < -0.4 is 4.74 Å². The lowest BCUT2D eigenvalue weighted by atomic mass is 10.3. The SMILES string of the molecule is O=Cc1sc(Oc2ccccc2Br)nc1Cl. The Labute approximate surface area is 109 Å². The van der Waals surface area contributed by atoms with Gasteiger partial charge in [-0.05, 0) is 28.1 Å². The number of aromatic nitrogens is 1. The second-order valence-electron chi connectivity index (χ2n) is 2.79. The van der Waals surface area contributed by atoms with Crippen molar-refractivity contribution in [2.24, 2.45) is 0 Å². The number of hydrogen-bond donors (Lipinski definition) is 0. The van der Waals surface area contributed by atoms with Gasteiger partial charge in [-0.1, -0.05) is 35.1 Å². The molecule has 16 heavy (non-hydrogen) atoms. The molecule has 0 N–H and O–H groups in total. The normalized spacial score (nSPS) is 10.1. The number of carbonyl (C=O) groups is 1. The lowest BCUT2D eigenvalue weighted by Crippen LogP contribution is -1.83. The lowest BCUT2D eigenvalue weighted by molar-refractivity contribution is 0.112. The average Bonchev–Trinajstić information content (AvgIpc) is 2.62. The second kappa shape index (κ2) is 4.95. The van der Waals surface area contributed by atoms with Crippen molar-refractivity contribution in [2.75, 3.05) is 0 Å². The first kappa shape index (κ1) is 11.6. The van der Waals surface area contributed by atoms with Crippen molar-refractivity contribution in [1.29, 1.82) is 0 Å². The molecule has 1 heterocycles. The molecule has 1 aromatic heterocycles. The first-order valence-corrected chi connectivity index (χ1v) is 6.23. The van der Waals surface area contributed by atoms with E-state index >= 15 is 0 Å². The monoisotopic (exact) mass is 317 g/mol. The van der Waals surface area contributed by atoms with Crippen LogP contribution in [0.2, 0.25) is 5.15 Å². The van der Waals surface area contributed by atoms with Gasteiger partial charge >= 0.3 is 0 Å². The van der Waals surface area contributed by atoms with Crippen molar-refractivity contribution in [3.05, 3.63) is 38.8 Å². The van der Waals surface area contributed by atoms with Crippen LogP contribution in [0.4, 0.5) is 0 Å². The van der Waals surface area contributed by atoms with Crippen molar-refractivity contribution in [2.45, 2.75) is 0 Å². The molecule has 0 fully saturated rings. The molecule has 0 radical (unpaired) electrons. The summed E-state index contributed by atoms with van der Waals surface area (Å²) in [5.41, 5.74) is 0. The van der Waals surface area contributed by atoms with Crippen LogP contribution in [0.25, 0.3) is 0 Å². The Morgan fingerprint density at radius 3 is 2.81 bits per heavy atom. The fourth-order valence-electron chi connectivity index (χ4n) is 1.03. The summed E-state index contributed by atoms with van der Waals surface area (Å²) in [5, 5.41) is 0.515. The molecule has 1 aromatic carbocycles. The van der Waals surface area contributed by atoms with Gasteiger partial charge in [0.15, 0.2) is 11.4 Å². The average molecular weight is 319 g/mol. The molecule has 82 valence electrons. The Bertz CT molecular complexity index is 529. The number of thiazole rings is 1. The van der Waals surface area contributed by atoms with E-state index in [0.29, 0.717) is 22.1 Å². The van der Waals surface area contributed by atoms with Crippen LogP contribution in [0.5, 0.6) is 10.9 Å². The zero-order chi connectivity index (χ0) is 11.5. The van der Waals surface area contributed by atoms with Gasteiger partial charge in [-0.25, -0.2) is 0 Å². The number of carbonyl (C=O) groups excluding carboxylic acids is 1. The Hall–Kier alpha value is -0.910. The number of rotatable bonds is 3. The lowest BCUT2D eigenvalue weighted by Gasteiger charge is -2.02. The van der Waals surface area contributed by atoms with Gasteiger partial charge in [0.05, 0.1) is 4.47 Å². The molecule has 0 saturated carbocycles. The fourth-order valence-corrected chi connectivity index (χ4v) is 2.32. The molecule has 6 heteroatoms. The zero-order valence-corrected chi connectivity index (χ0v) is 11.0. The highest BCUT2D eigenvalue weighted by Gasteiger charge is 2.11. The Balaban J connectivity index is 2.27. The van der Waals surface area contributed by atoms with E-state index in [1.807, 2.05) is 18.2 Å². The summed E-state index contributed by atoms with van der Waals surface area (Å²) in [5.74, 6) is 0.630. The van der Waals surface area contributed by atoms with E-state index in [1.165, 1.54) is 0 Å². The number of para-hydroxylation sites is 1. The molecule has 3 nitrogen and oxygen atoms in total. The summed E-state index contributed by atoms with van der Waals surface area (Å²) in [6, 6.07) is 7.36. The summed E-state index contributed by atoms with van der Waals surface area (Å²) in [4.78, 5) is 14.9. The highest BCUT2D eigenvalue weighted by atomic mass is 79.9. The van der Waals surface area contributed by atoms with Crippen molar-refractivity contribution < 1.29 is 9.53 Å². The second-order valence-corrected chi connectivity index (χ2v) is 4.99. The predicted octanol–water partition coefficient (Wildman–Crippen LogP) is 4.16. The number of benzene rings is 1. The maximum Gasteiger partial charge on any atom is 0.280 e. The highest BCUT2D eigenvalue weighted by molar-refractivity contribution is 9.10. The molecule has 0 bridgehead atoms. The minimum atomic E-state index is 0.169. The van der Waals surface area contributed by atoms with E-state index in [2.05, 4.69) is 20.9 Å². The molecule has 0 aliphatic heterocycles. The fraction of sp³-hybridized carbons (Fsp3) is 0. The van der Waals surface area contributed by atoms with Gasteiger partial charge in [0.2, 0.25) is 0 Å². The quantitative estimate of drug-likeness (QED) is 0.798. The van der Waals surface area contributed by atoms with Crippen LogP contribution in [0, 0.1) is 0 Å². The molecule has 0 spiro atoms. The molecular weight excluding hydrogens is 314 g/mol. The van der Waals surface area contributed by atoms with Gasteiger partial charge in [0, 0.05) is 0 Å². The Morgan fingerprint density at radius 1 is 1.44 bits per heavy atom. The van der Waals surface area contributed by atoms with E-state index in [-0.39, 0.29) is 5.15 Å². The van der Waals surface area contributed by atoms with Gasteiger partial charge < -0.3 is 4.74 Å². The summed E-state index contributed by atoms with van der Waals surface area (Å²) in [7, 11) is 0. The molecule has 0 aliphatic carbocycles. The molecule has 0 atom stereocenters. The summed E-state index contributed by atoms with van der Waals surface area (Å²) >= 11 is 10.2. The van der Waals surface area contributed by atoms with Gasteiger partial charge in [-0.2, -0.15) is 4.98 Å². The Kier molecular flexibility index (Phi) is 3.58. The van der Waals surface area contributed by atoms with E-state index in [9.17, 15) is 4.79 Å². The smallest absolute Gasteiger partial charge is 0.280 e. The molecule has 0 saturated heterocycles. The highest BCUT2D eigenvalue weighted by Crippen LogP contribution is 2.34. The van der Waals surface area contributed by atoms with Gasteiger partial charge in [0.25, 0.3) is 5.19 Å². The van der Waals surface area contributed by atoms with Crippen LogP contribution in [0.3, 0.4) is 0 Å².